The Morgan fingerprint density at radius 3 is 2.46 bits per heavy atom. The molecule has 1 atom stereocenters. The Morgan fingerprint density at radius 1 is 1.17 bits per heavy atom. The quantitative estimate of drug-likeness (QED) is 0.860. The molecule has 0 aromatic heterocycles. The minimum atomic E-state index is -0.808. The van der Waals surface area contributed by atoms with Gasteiger partial charge in [0.15, 0.2) is 0 Å². The van der Waals surface area contributed by atoms with Crippen molar-refractivity contribution in [2.24, 2.45) is 5.92 Å². The zero-order valence-corrected chi connectivity index (χ0v) is 13.2. The Morgan fingerprint density at radius 2 is 1.88 bits per heavy atom. The molecule has 1 fully saturated rings. The van der Waals surface area contributed by atoms with Gasteiger partial charge in [0.05, 0.1) is 18.8 Å². The van der Waals surface area contributed by atoms with Crippen LogP contribution in [0.5, 0.6) is 5.75 Å². The van der Waals surface area contributed by atoms with Crippen molar-refractivity contribution in [2.75, 3.05) is 12.4 Å². The number of anilines is 1. The number of methoxy groups -OCH3 is 1. The average molecular weight is 332 g/mol. The predicted octanol–water partition coefficient (Wildman–Crippen LogP) is 4.25. The number of rotatable bonds is 5. The molecule has 0 aliphatic heterocycles. The van der Waals surface area contributed by atoms with Crippen molar-refractivity contribution in [2.45, 2.75) is 18.9 Å². The van der Waals surface area contributed by atoms with Crippen LogP contribution >= 0.6 is 0 Å². The van der Waals surface area contributed by atoms with E-state index in [2.05, 4.69) is 10.6 Å². The molecule has 3 rings (SSSR count). The Kier molecular flexibility index (Phi) is 4.64. The van der Waals surface area contributed by atoms with Crippen molar-refractivity contribution in [3.63, 3.8) is 0 Å². The second-order valence-corrected chi connectivity index (χ2v) is 5.81. The predicted molar refractivity (Wildman–Crippen MR) is 87.0 cm³/mol. The first kappa shape index (κ1) is 16.2. The van der Waals surface area contributed by atoms with E-state index in [0.29, 0.717) is 5.92 Å². The number of benzene rings is 2. The molecule has 1 unspecified atom stereocenters. The second kappa shape index (κ2) is 6.86. The number of ether oxygens (including phenoxy) is 1. The normalized spacial score (nSPS) is 14.8. The number of hydrogen-bond donors (Lipinski definition) is 2. The van der Waals surface area contributed by atoms with Crippen LogP contribution in [-0.2, 0) is 0 Å². The highest BCUT2D eigenvalue weighted by molar-refractivity contribution is 5.89. The zero-order valence-electron chi connectivity index (χ0n) is 13.2. The number of carbonyl (C=O) groups excluding carboxylic acids is 1. The van der Waals surface area contributed by atoms with E-state index in [1.807, 2.05) is 24.3 Å². The summed E-state index contributed by atoms with van der Waals surface area (Å²) >= 11 is 0. The highest BCUT2D eigenvalue weighted by Crippen LogP contribution is 2.41. The molecule has 2 aromatic carbocycles. The number of halogens is 2. The summed E-state index contributed by atoms with van der Waals surface area (Å²) in [4.78, 5) is 12.2. The first-order valence-electron chi connectivity index (χ1n) is 7.73. The van der Waals surface area contributed by atoms with Gasteiger partial charge in [0.2, 0.25) is 0 Å². The number of urea groups is 1. The highest BCUT2D eigenvalue weighted by atomic mass is 19.1. The standard InChI is InChI=1S/C18H18F2N2O2/c1-24-14-7-4-12(5-8-14)17(11-2-3-11)22-18(23)21-16-9-6-13(19)10-15(16)20/h4-11,17H,2-3H2,1H3,(H2,21,22,23). The summed E-state index contributed by atoms with van der Waals surface area (Å²) in [5.74, 6) is -0.390. The van der Waals surface area contributed by atoms with E-state index in [-0.39, 0.29) is 11.7 Å². The number of nitrogens with one attached hydrogen (secondary N) is 2. The Bertz CT molecular complexity index is 730. The first-order valence-corrected chi connectivity index (χ1v) is 7.73. The first-order chi connectivity index (χ1) is 11.6. The molecule has 2 amide bonds. The van der Waals surface area contributed by atoms with Gasteiger partial charge in [-0.1, -0.05) is 12.1 Å². The van der Waals surface area contributed by atoms with Crippen molar-refractivity contribution in [3.05, 3.63) is 59.7 Å². The SMILES string of the molecule is COc1ccc(C(NC(=O)Nc2ccc(F)cc2F)C2CC2)cc1. The van der Waals surface area contributed by atoms with Crippen LogP contribution in [0, 0.1) is 17.6 Å². The summed E-state index contributed by atoms with van der Waals surface area (Å²) in [5, 5.41) is 5.30. The number of amides is 2. The summed E-state index contributed by atoms with van der Waals surface area (Å²) in [6.45, 7) is 0. The topological polar surface area (TPSA) is 50.4 Å². The molecule has 1 aliphatic carbocycles. The van der Waals surface area contributed by atoms with Crippen LogP contribution in [0.4, 0.5) is 19.3 Å². The Labute approximate surface area is 138 Å². The average Bonchev–Trinajstić information content (AvgIpc) is 3.40. The van der Waals surface area contributed by atoms with E-state index in [1.54, 1.807) is 7.11 Å². The van der Waals surface area contributed by atoms with Gasteiger partial charge in [-0.05, 0) is 48.6 Å². The minimum Gasteiger partial charge on any atom is -0.497 e. The van der Waals surface area contributed by atoms with E-state index in [4.69, 9.17) is 4.74 Å². The molecule has 4 nitrogen and oxygen atoms in total. The maximum Gasteiger partial charge on any atom is 0.319 e. The van der Waals surface area contributed by atoms with Gasteiger partial charge >= 0.3 is 6.03 Å². The van der Waals surface area contributed by atoms with Gasteiger partial charge in [-0.15, -0.1) is 0 Å². The van der Waals surface area contributed by atoms with E-state index in [1.165, 1.54) is 6.07 Å². The molecule has 1 aliphatic rings. The summed E-state index contributed by atoms with van der Waals surface area (Å²) in [5.41, 5.74) is 0.909. The molecule has 0 bridgehead atoms. The lowest BCUT2D eigenvalue weighted by Crippen LogP contribution is -2.33. The molecular formula is C18H18F2N2O2. The van der Waals surface area contributed by atoms with Crippen LogP contribution in [0.2, 0.25) is 0 Å². The molecule has 6 heteroatoms. The summed E-state index contributed by atoms with van der Waals surface area (Å²) in [7, 11) is 1.59. The van der Waals surface area contributed by atoms with Crippen molar-refractivity contribution in [1.82, 2.24) is 5.32 Å². The van der Waals surface area contributed by atoms with Crippen LogP contribution in [0.3, 0.4) is 0 Å². The van der Waals surface area contributed by atoms with Crippen LogP contribution in [-0.4, -0.2) is 13.1 Å². The molecule has 0 saturated heterocycles. The van der Waals surface area contributed by atoms with Gasteiger partial charge in [-0.2, -0.15) is 0 Å². The Hall–Kier alpha value is -2.63. The van der Waals surface area contributed by atoms with Crippen LogP contribution < -0.4 is 15.4 Å². The third-order valence-electron chi connectivity index (χ3n) is 4.03. The molecule has 1 saturated carbocycles. The van der Waals surface area contributed by atoms with Crippen molar-refractivity contribution in [1.29, 1.82) is 0 Å². The van der Waals surface area contributed by atoms with Crippen LogP contribution in [0.25, 0.3) is 0 Å². The fourth-order valence-electron chi connectivity index (χ4n) is 2.60. The van der Waals surface area contributed by atoms with Gasteiger partial charge in [-0.3, -0.25) is 0 Å². The fraction of sp³-hybridized carbons (Fsp3) is 0.278. The summed E-state index contributed by atoms with van der Waals surface area (Å²) in [6.07, 6.45) is 2.06. The van der Waals surface area contributed by atoms with Gasteiger partial charge in [0.25, 0.3) is 0 Å². The molecule has 126 valence electrons. The van der Waals surface area contributed by atoms with Gasteiger partial charge in [0, 0.05) is 6.07 Å². The smallest absolute Gasteiger partial charge is 0.319 e. The van der Waals surface area contributed by atoms with Gasteiger partial charge in [0.1, 0.15) is 17.4 Å². The zero-order chi connectivity index (χ0) is 17.1. The lowest BCUT2D eigenvalue weighted by molar-refractivity contribution is 0.247. The van der Waals surface area contributed by atoms with Crippen LogP contribution in [0.1, 0.15) is 24.4 Å². The third-order valence-corrected chi connectivity index (χ3v) is 4.03. The van der Waals surface area contributed by atoms with E-state index in [0.717, 1.165) is 36.3 Å². The molecule has 24 heavy (non-hydrogen) atoms. The third kappa shape index (κ3) is 3.82. The van der Waals surface area contributed by atoms with Crippen molar-refractivity contribution < 1.29 is 18.3 Å². The van der Waals surface area contributed by atoms with Crippen molar-refractivity contribution in [3.8, 4) is 5.75 Å². The largest absolute Gasteiger partial charge is 0.497 e. The number of carbonyl (C=O) groups is 1. The lowest BCUT2D eigenvalue weighted by Gasteiger charge is -2.19. The molecule has 0 radical (unpaired) electrons. The maximum atomic E-state index is 13.6. The molecule has 0 heterocycles. The molecule has 2 N–H and O–H groups in total. The Balaban J connectivity index is 1.69. The minimum absolute atomic E-state index is 0.0572. The van der Waals surface area contributed by atoms with E-state index in [9.17, 15) is 13.6 Å². The van der Waals surface area contributed by atoms with E-state index >= 15 is 0 Å². The summed E-state index contributed by atoms with van der Waals surface area (Å²) in [6, 6.07) is 9.84. The van der Waals surface area contributed by atoms with E-state index < -0.39 is 17.7 Å². The van der Waals surface area contributed by atoms with Crippen LogP contribution in [0.15, 0.2) is 42.5 Å². The van der Waals surface area contributed by atoms with Gasteiger partial charge in [-0.25, -0.2) is 13.6 Å². The molecular weight excluding hydrogens is 314 g/mol. The highest BCUT2D eigenvalue weighted by Gasteiger charge is 2.33. The lowest BCUT2D eigenvalue weighted by atomic mass is 10.0. The van der Waals surface area contributed by atoms with Gasteiger partial charge < -0.3 is 15.4 Å². The molecule has 0 spiro atoms. The fourth-order valence-corrected chi connectivity index (χ4v) is 2.60. The summed E-state index contributed by atoms with van der Waals surface area (Å²) < 4.78 is 31.7. The number of hydrogen-bond acceptors (Lipinski definition) is 2. The monoisotopic (exact) mass is 332 g/mol. The second-order valence-electron chi connectivity index (χ2n) is 5.81. The maximum absolute atomic E-state index is 13.6. The van der Waals surface area contributed by atoms with Crippen molar-refractivity contribution >= 4 is 11.7 Å². The molecule has 2 aromatic rings.